The fraction of sp³-hybridized carbons (Fsp3) is 0.400. The molecule has 0 radical (unpaired) electrons. The number of carbonyl (C=O) groups excluding carboxylic acids is 3. The third-order valence-electron chi connectivity index (χ3n) is 2.77. The van der Waals surface area contributed by atoms with Crippen molar-refractivity contribution in [3.05, 3.63) is 35.9 Å². The van der Waals surface area contributed by atoms with Crippen LogP contribution in [0.1, 0.15) is 31.9 Å². The number of nitrogens with one attached hydrogen (secondary N) is 1. The number of hydrogen-bond donors (Lipinski definition) is 1. The molecule has 0 saturated heterocycles. The average molecular weight is 293 g/mol. The molecule has 0 aliphatic heterocycles. The van der Waals surface area contributed by atoms with Gasteiger partial charge in [0, 0.05) is 6.42 Å². The zero-order valence-corrected chi connectivity index (χ0v) is 12.1. The first kappa shape index (κ1) is 16.7. The summed E-state index contributed by atoms with van der Waals surface area (Å²) in [5.41, 5.74) is 0.603. The lowest BCUT2D eigenvalue weighted by Gasteiger charge is -2.25. The van der Waals surface area contributed by atoms with Crippen LogP contribution in [0.25, 0.3) is 0 Å². The van der Waals surface area contributed by atoms with Gasteiger partial charge in [-0.3, -0.25) is 9.59 Å². The minimum atomic E-state index is -1.08. The largest absolute Gasteiger partial charge is 0.464 e. The van der Waals surface area contributed by atoms with E-state index in [1.165, 1.54) is 0 Å². The van der Waals surface area contributed by atoms with E-state index in [0.29, 0.717) is 12.0 Å². The number of amides is 1. The van der Waals surface area contributed by atoms with Crippen molar-refractivity contribution in [1.82, 2.24) is 5.32 Å². The van der Waals surface area contributed by atoms with E-state index in [1.807, 2.05) is 0 Å². The van der Waals surface area contributed by atoms with Crippen LogP contribution in [0.15, 0.2) is 30.3 Å². The van der Waals surface area contributed by atoms with Crippen LogP contribution in [0.2, 0.25) is 0 Å². The van der Waals surface area contributed by atoms with Crippen LogP contribution in [0.3, 0.4) is 0 Å². The molecule has 2 atom stereocenters. The van der Waals surface area contributed by atoms with Crippen molar-refractivity contribution in [1.29, 1.82) is 0 Å². The molecule has 6 heteroatoms. The molecule has 0 heterocycles. The van der Waals surface area contributed by atoms with Gasteiger partial charge in [0.05, 0.1) is 6.61 Å². The molecule has 1 N–H and O–H groups in total. The van der Waals surface area contributed by atoms with Crippen LogP contribution in [0.5, 0.6) is 0 Å². The molecule has 0 unspecified atom stereocenters. The summed E-state index contributed by atoms with van der Waals surface area (Å²) in [6, 6.07) is 7.66. The van der Waals surface area contributed by atoms with Crippen LogP contribution < -0.4 is 5.32 Å². The molecule has 1 amide bonds. The highest BCUT2D eigenvalue weighted by atomic mass is 16.6. The first-order valence-electron chi connectivity index (χ1n) is 6.74. The molecule has 0 fully saturated rings. The van der Waals surface area contributed by atoms with Gasteiger partial charge in [0.1, 0.15) is 0 Å². The molecule has 1 rings (SSSR count). The van der Waals surface area contributed by atoms with Crippen molar-refractivity contribution < 1.29 is 23.9 Å². The normalized spacial score (nSPS) is 12.9. The Bertz CT molecular complexity index is 474. The van der Waals surface area contributed by atoms with Gasteiger partial charge in [-0.05, 0) is 12.5 Å². The molecule has 0 spiro atoms. The highest BCUT2D eigenvalue weighted by Gasteiger charge is 2.33. The van der Waals surface area contributed by atoms with E-state index >= 15 is 0 Å². The lowest BCUT2D eigenvalue weighted by Crippen LogP contribution is -2.43. The van der Waals surface area contributed by atoms with Gasteiger partial charge in [0.2, 0.25) is 6.41 Å². The number of benzene rings is 1. The van der Waals surface area contributed by atoms with Crippen molar-refractivity contribution in [2.45, 2.75) is 32.4 Å². The number of hydrogen-bond acceptors (Lipinski definition) is 5. The van der Waals surface area contributed by atoms with Crippen molar-refractivity contribution in [3.63, 3.8) is 0 Å². The number of esters is 2. The highest BCUT2D eigenvalue weighted by Crippen LogP contribution is 2.23. The third-order valence-corrected chi connectivity index (χ3v) is 2.77. The summed E-state index contributed by atoms with van der Waals surface area (Å²) in [4.78, 5) is 34.3. The molecule has 21 heavy (non-hydrogen) atoms. The second-order valence-corrected chi connectivity index (χ2v) is 4.19. The molecule has 0 aliphatic carbocycles. The number of rotatable bonds is 8. The van der Waals surface area contributed by atoms with E-state index in [4.69, 9.17) is 9.47 Å². The van der Waals surface area contributed by atoms with Crippen LogP contribution >= 0.6 is 0 Å². The van der Waals surface area contributed by atoms with E-state index in [1.54, 1.807) is 44.2 Å². The molecular weight excluding hydrogens is 274 g/mol. The molecule has 0 saturated carbocycles. The van der Waals surface area contributed by atoms with Gasteiger partial charge in [0.15, 0.2) is 12.1 Å². The van der Waals surface area contributed by atoms with Gasteiger partial charge in [0.25, 0.3) is 0 Å². The maximum absolute atomic E-state index is 12.0. The Morgan fingerprint density at radius 1 is 1.24 bits per heavy atom. The molecule has 1 aromatic carbocycles. The summed E-state index contributed by atoms with van der Waals surface area (Å²) < 4.78 is 10.2. The fourth-order valence-electron chi connectivity index (χ4n) is 1.78. The average Bonchev–Trinajstić information content (AvgIpc) is 2.51. The van der Waals surface area contributed by atoms with E-state index < -0.39 is 24.1 Å². The van der Waals surface area contributed by atoms with Crippen molar-refractivity contribution in [2.75, 3.05) is 6.61 Å². The van der Waals surface area contributed by atoms with E-state index in [2.05, 4.69) is 5.32 Å². The Kier molecular flexibility index (Phi) is 6.94. The van der Waals surface area contributed by atoms with Gasteiger partial charge in [-0.25, -0.2) is 4.79 Å². The minimum absolute atomic E-state index is 0.166. The Balaban J connectivity index is 3.08. The van der Waals surface area contributed by atoms with Crippen LogP contribution in [0.4, 0.5) is 0 Å². The van der Waals surface area contributed by atoms with Crippen molar-refractivity contribution in [3.8, 4) is 0 Å². The predicted molar refractivity (Wildman–Crippen MR) is 75.2 cm³/mol. The molecule has 0 aliphatic rings. The fourth-order valence-corrected chi connectivity index (χ4v) is 1.78. The summed E-state index contributed by atoms with van der Waals surface area (Å²) in [7, 11) is 0. The van der Waals surface area contributed by atoms with Crippen LogP contribution in [-0.2, 0) is 23.9 Å². The van der Waals surface area contributed by atoms with E-state index in [0.717, 1.165) is 0 Å². The summed E-state index contributed by atoms with van der Waals surface area (Å²) in [6.07, 6.45) is -0.375. The molecule has 6 nitrogen and oxygen atoms in total. The first-order chi connectivity index (χ1) is 10.1. The third kappa shape index (κ3) is 4.91. The minimum Gasteiger partial charge on any atom is -0.464 e. The molecular formula is C15H19NO5. The maximum Gasteiger partial charge on any atom is 0.332 e. The summed E-state index contributed by atoms with van der Waals surface area (Å²) >= 11 is 0. The van der Waals surface area contributed by atoms with E-state index in [-0.39, 0.29) is 13.0 Å². The summed E-state index contributed by atoms with van der Waals surface area (Å²) in [5.74, 6) is -1.12. The van der Waals surface area contributed by atoms with E-state index in [9.17, 15) is 14.4 Å². The first-order valence-corrected chi connectivity index (χ1v) is 6.74. The van der Waals surface area contributed by atoms with Crippen LogP contribution in [-0.4, -0.2) is 31.0 Å². The highest BCUT2D eigenvalue weighted by molar-refractivity contribution is 5.80. The zero-order chi connectivity index (χ0) is 15.7. The predicted octanol–water partition coefficient (Wildman–Crippen LogP) is 1.36. The van der Waals surface area contributed by atoms with Gasteiger partial charge < -0.3 is 14.8 Å². The molecule has 0 bridgehead atoms. The monoisotopic (exact) mass is 293 g/mol. The lowest BCUT2D eigenvalue weighted by atomic mass is 10.0. The summed E-state index contributed by atoms with van der Waals surface area (Å²) in [6.45, 7) is 3.47. The Hall–Kier alpha value is -2.37. The number of ether oxygens (including phenoxy) is 2. The zero-order valence-electron chi connectivity index (χ0n) is 12.1. The van der Waals surface area contributed by atoms with Gasteiger partial charge in [-0.15, -0.1) is 0 Å². The Labute approximate surface area is 123 Å². The second-order valence-electron chi connectivity index (χ2n) is 4.19. The Morgan fingerprint density at radius 2 is 1.90 bits per heavy atom. The van der Waals surface area contributed by atoms with Gasteiger partial charge in [-0.1, -0.05) is 37.3 Å². The molecule has 1 aromatic rings. The second kappa shape index (κ2) is 8.73. The quantitative estimate of drug-likeness (QED) is 0.578. The van der Waals surface area contributed by atoms with Crippen LogP contribution in [0, 0.1) is 0 Å². The van der Waals surface area contributed by atoms with Crippen molar-refractivity contribution >= 4 is 18.3 Å². The van der Waals surface area contributed by atoms with Gasteiger partial charge in [-0.2, -0.15) is 0 Å². The maximum atomic E-state index is 12.0. The summed E-state index contributed by atoms with van der Waals surface area (Å²) in [5, 5.41) is 2.36. The smallest absolute Gasteiger partial charge is 0.332 e. The topological polar surface area (TPSA) is 81.7 Å². The van der Waals surface area contributed by atoms with Crippen molar-refractivity contribution in [2.24, 2.45) is 0 Å². The molecule has 0 aromatic heterocycles. The Morgan fingerprint density at radius 3 is 2.43 bits per heavy atom. The standard InChI is InChI=1S/C15H19NO5/c1-3-12(18)21-14(11-8-6-5-7-9-11)13(16-10-17)15(19)20-4-2/h5-10,13-14H,3-4H2,1-2H3,(H,16,17)/t13-,14+/m1/s1. The number of carbonyl (C=O) groups is 3. The SMILES string of the molecule is CCOC(=O)[C@H](NC=O)[C@@H](OC(=O)CC)c1ccccc1. The molecule has 114 valence electrons. The van der Waals surface area contributed by atoms with Gasteiger partial charge >= 0.3 is 11.9 Å². The lowest BCUT2D eigenvalue weighted by molar-refractivity contribution is -0.159.